The highest BCUT2D eigenvalue weighted by Crippen LogP contribution is 2.26. The predicted octanol–water partition coefficient (Wildman–Crippen LogP) is 0.497. The number of nitrogens with two attached hydrogens (primary N) is 1. The van der Waals surface area contributed by atoms with Crippen molar-refractivity contribution in [1.29, 1.82) is 0 Å². The van der Waals surface area contributed by atoms with Gasteiger partial charge in [0.1, 0.15) is 12.4 Å². The minimum absolute atomic E-state index is 0.110. The number of primary amides is 1. The van der Waals surface area contributed by atoms with Gasteiger partial charge in [-0.25, -0.2) is 4.40 Å². The number of aromatic nitrogens is 3. The molecule has 2 aromatic heterocycles. The van der Waals surface area contributed by atoms with E-state index in [1.54, 1.807) is 10.5 Å². The highest BCUT2D eigenvalue weighted by atomic mass is 16.5. The lowest BCUT2D eigenvalue weighted by molar-refractivity contribution is 0.0999. The van der Waals surface area contributed by atoms with Crippen LogP contribution in [0.5, 0.6) is 5.88 Å². The van der Waals surface area contributed by atoms with Gasteiger partial charge < -0.3 is 15.6 Å². The Morgan fingerprint density at radius 2 is 2.10 bits per heavy atom. The fraction of sp³-hybridized carbons (Fsp3) is 0.462. The number of ether oxygens (including phenoxy) is 1. The number of carbonyl (C=O) groups is 1. The summed E-state index contributed by atoms with van der Waals surface area (Å²) >= 11 is 0. The maximum absolute atomic E-state index is 11.3. The van der Waals surface area contributed by atoms with Crippen molar-refractivity contribution < 1.29 is 14.6 Å². The first-order valence-corrected chi connectivity index (χ1v) is 6.27. The molecule has 2 aromatic rings. The molecule has 0 aromatic carbocycles. The average molecular weight is 278 g/mol. The maximum Gasteiger partial charge on any atom is 0.249 e. The predicted molar refractivity (Wildman–Crippen MR) is 72.8 cm³/mol. The first kappa shape index (κ1) is 14.3. The third-order valence-corrected chi connectivity index (χ3v) is 2.77. The Morgan fingerprint density at radius 1 is 1.40 bits per heavy atom. The van der Waals surface area contributed by atoms with Gasteiger partial charge in [-0.3, -0.25) is 4.79 Å². The Labute approximate surface area is 116 Å². The quantitative estimate of drug-likeness (QED) is 0.847. The van der Waals surface area contributed by atoms with Gasteiger partial charge in [-0.1, -0.05) is 20.8 Å². The van der Waals surface area contributed by atoms with Gasteiger partial charge >= 0.3 is 0 Å². The lowest BCUT2D eigenvalue weighted by atomic mass is 9.96. The number of nitrogens with zero attached hydrogens (tertiary/aromatic N) is 3. The molecule has 2 rings (SSSR count). The third-order valence-electron chi connectivity index (χ3n) is 2.77. The second-order valence-corrected chi connectivity index (χ2v) is 5.49. The molecule has 2 heterocycles. The van der Waals surface area contributed by atoms with Crippen LogP contribution in [0.3, 0.4) is 0 Å². The summed E-state index contributed by atoms with van der Waals surface area (Å²) in [4.78, 5) is 11.3. The molecule has 0 aliphatic carbocycles. The van der Waals surface area contributed by atoms with Gasteiger partial charge in [-0.15, -0.1) is 10.2 Å². The van der Waals surface area contributed by atoms with Crippen molar-refractivity contribution in [3.05, 3.63) is 23.5 Å². The van der Waals surface area contributed by atoms with E-state index in [9.17, 15) is 4.79 Å². The zero-order valence-electron chi connectivity index (χ0n) is 11.8. The molecule has 0 bridgehead atoms. The van der Waals surface area contributed by atoms with Crippen LogP contribution in [-0.2, 0) is 5.41 Å². The van der Waals surface area contributed by atoms with Gasteiger partial charge in [-0.05, 0) is 6.07 Å². The van der Waals surface area contributed by atoms with Gasteiger partial charge in [0.2, 0.25) is 11.8 Å². The molecule has 0 radical (unpaired) electrons. The molecule has 7 nitrogen and oxygen atoms in total. The smallest absolute Gasteiger partial charge is 0.249 e. The number of hydrogen-bond acceptors (Lipinski definition) is 5. The Hall–Kier alpha value is -2.15. The molecule has 3 N–H and O–H groups in total. The average Bonchev–Trinajstić information content (AvgIpc) is 2.79. The van der Waals surface area contributed by atoms with Crippen molar-refractivity contribution >= 4 is 11.6 Å². The Bertz CT molecular complexity index is 643. The van der Waals surface area contributed by atoms with Gasteiger partial charge in [0.15, 0.2) is 5.65 Å². The van der Waals surface area contributed by atoms with E-state index in [0.29, 0.717) is 22.9 Å². The van der Waals surface area contributed by atoms with Gasteiger partial charge in [0, 0.05) is 17.0 Å². The monoisotopic (exact) mass is 278 g/mol. The zero-order chi connectivity index (χ0) is 14.9. The summed E-state index contributed by atoms with van der Waals surface area (Å²) in [7, 11) is 0. The molecule has 0 atom stereocenters. The molecule has 0 unspecified atom stereocenters. The summed E-state index contributed by atoms with van der Waals surface area (Å²) in [5.74, 6) is 0.526. The number of hydrogen-bond donors (Lipinski definition) is 2. The van der Waals surface area contributed by atoms with E-state index in [2.05, 4.69) is 10.2 Å². The fourth-order valence-corrected chi connectivity index (χ4v) is 1.87. The Kier molecular flexibility index (Phi) is 3.63. The molecule has 0 fully saturated rings. The van der Waals surface area contributed by atoms with Crippen LogP contribution in [0, 0.1) is 0 Å². The summed E-state index contributed by atoms with van der Waals surface area (Å²) in [6, 6.07) is 3.10. The topological polar surface area (TPSA) is 103 Å². The van der Waals surface area contributed by atoms with Crippen LogP contribution in [0.2, 0.25) is 0 Å². The number of carbonyl (C=O) groups excluding carboxylic acids is 1. The van der Waals surface area contributed by atoms with Crippen LogP contribution in [0.4, 0.5) is 0 Å². The van der Waals surface area contributed by atoms with Crippen molar-refractivity contribution in [2.45, 2.75) is 26.2 Å². The van der Waals surface area contributed by atoms with Gasteiger partial charge in [0.05, 0.1) is 6.61 Å². The van der Waals surface area contributed by atoms with E-state index in [-0.39, 0.29) is 18.6 Å². The van der Waals surface area contributed by atoms with Crippen molar-refractivity contribution in [2.24, 2.45) is 5.73 Å². The molecule has 0 saturated heterocycles. The second-order valence-electron chi connectivity index (χ2n) is 5.49. The number of aliphatic hydroxyl groups excluding tert-OH is 1. The van der Waals surface area contributed by atoms with Crippen molar-refractivity contribution in [3.8, 4) is 5.88 Å². The molecule has 1 amide bonds. The molecular weight excluding hydrogens is 260 g/mol. The van der Waals surface area contributed by atoms with Crippen molar-refractivity contribution in [2.75, 3.05) is 13.2 Å². The first-order valence-electron chi connectivity index (χ1n) is 6.27. The molecular formula is C13H18N4O3. The van der Waals surface area contributed by atoms with Crippen LogP contribution in [-0.4, -0.2) is 38.8 Å². The Morgan fingerprint density at radius 3 is 2.65 bits per heavy atom. The molecule has 0 saturated carbocycles. The van der Waals surface area contributed by atoms with E-state index in [0.717, 1.165) is 0 Å². The van der Waals surface area contributed by atoms with E-state index in [1.165, 1.54) is 6.07 Å². The lowest BCUT2D eigenvalue weighted by Crippen LogP contribution is -2.18. The molecule has 7 heteroatoms. The minimum Gasteiger partial charge on any atom is -0.476 e. The van der Waals surface area contributed by atoms with Crippen LogP contribution >= 0.6 is 0 Å². The Balaban J connectivity index is 2.67. The lowest BCUT2D eigenvalue weighted by Gasteiger charge is -2.18. The van der Waals surface area contributed by atoms with E-state index in [1.807, 2.05) is 20.8 Å². The van der Waals surface area contributed by atoms with Crippen LogP contribution < -0.4 is 10.5 Å². The number of pyridine rings is 1. The molecule has 20 heavy (non-hydrogen) atoms. The van der Waals surface area contributed by atoms with E-state index >= 15 is 0 Å². The second kappa shape index (κ2) is 5.09. The van der Waals surface area contributed by atoms with Gasteiger partial charge in [0.25, 0.3) is 0 Å². The SMILES string of the molecule is CC(C)(C)c1nnc2cc(C(N)=O)cc(OCCO)n12. The third kappa shape index (κ3) is 2.57. The first-order chi connectivity index (χ1) is 9.34. The summed E-state index contributed by atoms with van der Waals surface area (Å²) in [6.07, 6.45) is 0. The summed E-state index contributed by atoms with van der Waals surface area (Å²) in [6.45, 7) is 5.98. The molecule has 0 aliphatic rings. The van der Waals surface area contributed by atoms with E-state index in [4.69, 9.17) is 15.6 Å². The highest BCUT2D eigenvalue weighted by Gasteiger charge is 2.24. The maximum atomic E-state index is 11.3. The van der Waals surface area contributed by atoms with Crippen LogP contribution in [0.15, 0.2) is 12.1 Å². The summed E-state index contributed by atoms with van der Waals surface area (Å²) in [5, 5.41) is 17.1. The molecule has 0 spiro atoms. The minimum atomic E-state index is -0.568. The normalized spacial score (nSPS) is 11.8. The van der Waals surface area contributed by atoms with Crippen LogP contribution in [0.25, 0.3) is 5.65 Å². The summed E-state index contributed by atoms with van der Waals surface area (Å²) in [5.41, 5.74) is 5.82. The largest absolute Gasteiger partial charge is 0.476 e. The van der Waals surface area contributed by atoms with E-state index < -0.39 is 5.91 Å². The number of aliphatic hydroxyl groups is 1. The standard InChI is InChI=1S/C13H18N4O3/c1-13(2,3)12-16-15-9-6-8(11(14)19)7-10(17(9)12)20-5-4-18/h6-7,18H,4-5H2,1-3H3,(H2,14,19). The number of rotatable bonds is 4. The van der Waals surface area contributed by atoms with Crippen molar-refractivity contribution in [1.82, 2.24) is 14.6 Å². The molecule has 0 aliphatic heterocycles. The van der Waals surface area contributed by atoms with Gasteiger partial charge in [-0.2, -0.15) is 0 Å². The fourth-order valence-electron chi connectivity index (χ4n) is 1.87. The molecule has 108 valence electrons. The number of amides is 1. The highest BCUT2D eigenvalue weighted by molar-refractivity contribution is 5.94. The zero-order valence-corrected chi connectivity index (χ0v) is 11.8. The van der Waals surface area contributed by atoms with Crippen molar-refractivity contribution in [3.63, 3.8) is 0 Å². The summed E-state index contributed by atoms with van der Waals surface area (Å²) < 4.78 is 7.20. The van der Waals surface area contributed by atoms with Crippen LogP contribution in [0.1, 0.15) is 37.0 Å². The number of fused-ring (bicyclic) bond motifs is 1.